The summed E-state index contributed by atoms with van der Waals surface area (Å²) < 4.78 is 9.61. The van der Waals surface area contributed by atoms with E-state index in [-0.39, 0.29) is 25.0 Å². The van der Waals surface area contributed by atoms with E-state index in [1.807, 2.05) is 30.1 Å². The van der Waals surface area contributed by atoms with Crippen molar-refractivity contribution in [3.63, 3.8) is 0 Å². The van der Waals surface area contributed by atoms with Crippen LogP contribution >= 0.6 is 34.8 Å². The molecule has 2 aliphatic rings. The van der Waals surface area contributed by atoms with Crippen molar-refractivity contribution in [3.05, 3.63) is 23.8 Å². The number of carbonyl (C=O) groups excluding carboxylic acids is 2. The minimum absolute atomic E-state index is 0.0201. The molecule has 0 bridgehead atoms. The van der Waals surface area contributed by atoms with Crippen molar-refractivity contribution >= 4 is 58.3 Å². The number of aliphatic imine (C=N–C) groups is 1. The smallest absolute Gasteiger partial charge is 0.325 e. The number of fused-ring (bicyclic) bond motifs is 1. The van der Waals surface area contributed by atoms with Crippen LogP contribution in [0.1, 0.15) is 57.4 Å². The second-order valence-corrected chi connectivity index (χ2v) is 11.9. The molecule has 11 heteroatoms. The average Bonchev–Trinajstić information content (AvgIpc) is 2.85. The first kappa shape index (κ1) is 28.7. The largest absolute Gasteiger partial charge is 0.494 e. The molecule has 1 aliphatic carbocycles. The van der Waals surface area contributed by atoms with Crippen LogP contribution in [0.15, 0.2) is 23.2 Å². The molecule has 1 aliphatic heterocycles. The van der Waals surface area contributed by atoms with Gasteiger partial charge < -0.3 is 25.0 Å². The first-order valence-corrected chi connectivity index (χ1v) is 13.5. The SMILES string of the molecule is CC(COC(=O)CN1Cc2cc(OCCCC(=O)N(C)C3CCCCC3)ccc2N=C1N)C(Cl)(Cl)Cl. The van der Waals surface area contributed by atoms with Gasteiger partial charge in [0.2, 0.25) is 5.91 Å². The number of ether oxygens (including phenoxy) is 2. The molecular formula is C25H35Cl3N4O4. The van der Waals surface area contributed by atoms with Gasteiger partial charge in [-0.2, -0.15) is 0 Å². The summed E-state index contributed by atoms with van der Waals surface area (Å²) in [4.78, 5) is 32.7. The van der Waals surface area contributed by atoms with Crippen molar-refractivity contribution in [2.45, 2.75) is 68.2 Å². The summed E-state index contributed by atoms with van der Waals surface area (Å²) in [5.74, 6) is 0.126. The molecule has 200 valence electrons. The maximum absolute atomic E-state index is 12.5. The highest BCUT2D eigenvalue weighted by atomic mass is 35.6. The minimum atomic E-state index is -1.51. The fourth-order valence-corrected chi connectivity index (χ4v) is 4.47. The van der Waals surface area contributed by atoms with Crippen molar-refractivity contribution < 1.29 is 19.1 Å². The normalized spacial score (nSPS) is 17.1. The molecule has 1 amide bonds. The predicted molar refractivity (Wildman–Crippen MR) is 143 cm³/mol. The third kappa shape index (κ3) is 8.32. The number of carbonyl (C=O) groups is 2. The number of esters is 1. The second kappa shape index (κ2) is 13.1. The van der Waals surface area contributed by atoms with Crippen molar-refractivity contribution in [1.82, 2.24) is 9.80 Å². The molecule has 0 saturated heterocycles. The number of hydrogen-bond acceptors (Lipinski definition) is 7. The van der Waals surface area contributed by atoms with Crippen molar-refractivity contribution in [2.75, 3.05) is 26.8 Å². The topological polar surface area (TPSA) is 97.5 Å². The molecule has 1 aromatic carbocycles. The zero-order chi connectivity index (χ0) is 26.3. The Morgan fingerprint density at radius 3 is 2.67 bits per heavy atom. The highest BCUT2D eigenvalue weighted by Crippen LogP contribution is 2.35. The number of amides is 1. The van der Waals surface area contributed by atoms with Crippen LogP contribution in [0, 0.1) is 5.92 Å². The highest BCUT2D eigenvalue weighted by Gasteiger charge is 2.30. The van der Waals surface area contributed by atoms with E-state index in [1.54, 1.807) is 11.8 Å². The summed E-state index contributed by atoms with van der Waals surface area (Å²) in [5.41, 5.74) is 7.64. The molecule has 8 nitrogen and oxygen atoms in total. The fraction of sp³-hybridized carbons (Fsp3) is 0.640. The van der Waals surface area contributed by atoms with E-state index >= 15 is 0 Å². The van der Waals surface area contributed by atoms with Gasteiger partial charge in [-0.3, -0.25) is 9.59 Å². The number of rotatable bonds is 10. The highest BCUT2D eigenvalue weighted by molar-refractivity contribution is 6.67. The molecule has 2 N–H and O–H groups in total. The van der Waals surface area contributed by atoms with Crippen LogP contribution in [-0.4, -0.2) is 64.3 Å². The summed E-state index contributed by atoms with van der Waals surface area (Å²) in [6, 6.07) is 5.91. The van der Waals surface area contributed by atoms with Crippen LogP contribution < -0.4 is 10.5 Å². The number of nitrogens with zero attached hydrogens (tertiary/aromatic N) is 3. The summed E-state index contributed by atoms with van der Waals surface area (Å²) in [6.45, 7) is 2.39. The van der Waals surface area contributed by atoms with Gasteiger partial charge >= 0.3 is 5.97 Å². The Morgan fingerprint density at radius 2 is 1.97 bits per heavy atom. The van der Waals surface area contributed by atoms with Gasteiger partial charge in [-0.1, -0.05) is 61.0 Å². The third-order valence-electron chi connectivity index (χ3n) is 6.66. The molecule has 0 aromatic heterocycles. The van der Waals surface area contributed by atoms with E-state index < -0.39 is 15.7 Å². The Labute approximate surface area is 228 Å². The maximum atomic E-state index is 12.5. The molecule has 3 rings (SSSR count). The molecular weight excluding hydrogens is 527 g/mol. The van der Waals surface area contributed by atoms with Crippen LogP contribution in [0.2, 0.25) is 0 Å². The van der Waals surface area contributed by atoms with Crippen LogP contribution in [-0.2, 0) is 20.9 Å². The van der Waals surface area contributed by atoms with Gasteiger partial charge in [-0.25, -0.2) is 4.99 Å². The number of halogens is 3. The predicted octanol–water partition coefficient (Wildman–Crippen LogP) is 4.95. The molecule has 1 atom stereocenters. The van der Waals surface area contributed by atoms with E-state index in [4.69, 9.17) is 50.0 Å². The van der Waals surface area contributed by atoms with Crippen LogP contribution in [0.5, 0.6) is 5.75 Å². The third-order valence-corrected chi connectivity index (χ3v) is 7.78. The Kier molecular flexibility index (Phi) is 10.4. The fourth-order valence-electron chi connectivity index (χ4n) is 4.28. The van der Waals surface area contributed by atoms with Crippen molar-refractivity contribution in [1.29, 1.82) is 0 Å². The van der Waals surface area contributed by atoms with E-state index in [9.17, 15) is 9.59 Å². The van der Waals surface area contributed by atoms with Gasteiger partial charge in [0.1, 0.15) is 12.3 Å². The lowest BCUT2D eigenvalue weighted by Crippen LogP contribution is -2.42. The Bertz CT molecular complexity index is 948. The zero-order valence-corrected chi connectivity index (χ0v) is 23.1. The summed E-state index contributed by atoms with van der Waals surface area (Å²) in [5, 5.41) is 0. The van der Waals surface area contributed by atoms with Gasteiger partial charge in [-0.05, 0) is 37.5 Å². The van der Waals surface area contributed by atoms with Gasteiger partial charge in [-0.15, -0.1) is 0 Å². The Balaban J connectivity index is 1.46. The molecule has 36 heavy (non-hydrogen) atoms. The lowest BCUT2D eigenvalue weighted by atomic mass is 9.94. The number of benzene rings is 1. The number of nitrogens with two attached hydrogens (primary N) is 1. The van der Waals surface area contributed by atoms with Crippen LogP contribution in [0.3, 0.4) is 0 Å². The summed E-state index contributed by atoms with van der Waals surface area (Å²) in [7, 11) is 1.91. The Hall–Kier alpha value is -1.90. The van der Waals surface area contributed by atoms with Gasteiger partial charge in [0, 0.05) is 37.5 Å². The van der Waals surface area contributed by atoms with E-state index in [1.165, 1.54) is 19.3 Å². The lowest BCUT2D eigenvalue weighted by molar-refractivity contribution is -0.145. The average molecular weight is 562 g/mol. The lowest BCUT2D eigenvalue weighted by Gasteiger charge is -2.31. The number of guanidine groups is 1. The van der Waals surface area contributed by atoms with E-state index in [2.05, 4.69) is 4.99 Å². The maximum Gasteiger partial charge on any atom is 0.325 e. The van der Waals surface area contributed by atoms with Gasteiger partial charge in [0.15, 0.2) is 9.75 Å². The summed E-state index contributed by atoms with van der Waals surface area (Å²) in [6.07, 6.45) is 6.98. The number of hydrogen-bond donors (Lipinski definition) is 1. The number of alkyl halides is 3. The van der Waals surface area contributed by atoms with E-state index in [0.717, 1.165) is 24.1 Å². The molecule has 1 aromatic rings. The van der Waals surface area contributed by atoms with Crippen LogP contribution in [0.4, 0.5) is 5.69 Å². The summed E-state index contributed by atoms with van der Waals surface area (Å²) >= 11 is 17.5. The molecule has 0 radical (unpaired) electrons. The minimum Gasteiger partial charge on any atom is -0.494 e. The first-order chi connectivity index (χ1) is 17.0. The quantitative estimate of drug-likeness (QED) is 0.247. The van der Waals surface area contributed by atoms with Gasteiger partial charge in [0.05, 0.1) is 18.9 Å². The molecule has 1 saturated carbocycles. The van der Waals surface area contributed by atoms with E-state index in [0.29, 0.717) is 37.8 Å². The first-order valence-electron chi connectivity index (χ1n) is 12.4. The standard InChI is InChI=1S/C25H35Cl3N4O4/c1-17(25(26,27)28)16-36-23(34)15-32-14-18-13-20(10-11-21(18)30-24(32)29)35-12-6-9-22(33)31(2)19-7-4-3-5-8-19/h10-11,13,17,19H,3-9,12,14-16H2,1-2H3,(H2,29,30). The van der Waals surface area contributed by atoms with Gasteiger partial charge in [0.25, 0.3) is 0 Å². The Morgan fingerprint density at radius 1 is 1.25 bits per heavy atom. The van der Waals surface area contributed by atoms with Crippen molar-refractivity contribution in [3.8, 4) is 5.75 Å². The monoisotopic (exact) mass is 560 g/mol. The molecule has 1 unspecified atom stereocenters. The molecule has 1 heterocycles. The second-order valence-electron chi connectivity index (χ2n) is 9.49. The van der Waals surface area contributed by atoms with Crippen LogP contribution in [0.25, 0.3) is 0 Å². The zero-order valence-electron chi connectivity index (χ0n) is 20.9. The molecule has 1 fully saturated rings. The van der Waals surface area contributed by atoms with Crippen molar-refractivity contribution in [2.24, 2.45) is 16.6 Å². The molecule has 0 spiro atoms.